The minimum Gasteiger partial charge on any atom is -0.245 e. The summed E-state index contributed by atoms with van der Waals surface area (Å²) in [6.07, 6.45) is 6.56. The van der Waals surface area contributed by atoms with Gasteiger partial charge in [-0.25, -0.2) is 9.37 Å². The van der Waals surface area contributed by atoms with Crippen molar-refractivity contribution in [3.8, 4) is 0 Å². The SMILES string of the molecule is CCc1nc(C2(c3ccccc3F)CCCCC2)cs1. The zero-order valence-electron chi connectivity index (χ0n) is 11.9. The van der Waals surface area contributed by atoms with Crippen LogP contribution in [0.3, 0.4) is 0 Å². The van der Waals surface area contributed by atoms with Crippen molar-refractivity contribution < 1.29 is 4.39 Å². The van der Waals surface area contributed by atoms with Gasteiger partial charge in [0.1, 0.15) is 5.82 Å². The van der Waals surface area contributed by atoms with E-state index < -0.39 is 0 Å². The van der Waals surface area contributed by atoms with Crippen LogP contribution in [0.1, 0.15) is 55.3 Å². The second-order valence-corrected chi connectivity index (χ2v) is 6.55. The molecule has 0 radical (unpaired) electrons. The molecule has 0 saturated heterocycles. The highest BCUT2D eigenvalue weighted by molar-refractivity contribution is 7.09. The van der Waals surface area contributed by atoms with Gasteiger partial charge in [0.25, 0.3) is 0 Å². The molecule has 0 unspecified atom stereocenters. The molecule has 0 bridgehead atoms. The maximum Gasteiger partial charge on any atom is 0.127 e. The fourth-order valence-corrected chi connectivity index (χ4v) is 4.20. The monoisotopic (exact) mass is 289 g/mol. The van der Waals surface area contributed by atoms with E-state index in [0.717, 1.165) is 48.4 Å². The van der Waals surface area contributed by atoms with Crippen molar-refractivity contribution in [1.82, 2.24) is 4.98 Å². The number of aryl methyl sites for hydroxylation is 1. The third-order valence-corrected chi connectivity index (χ3v) is 5.43. The van der Waals surface area contributed by atoms with Crippen LogP contribution in [0.4, 0.5) is 4.39 Å². The third kappa shape index (κ3) is 2.28. The average molecular weight is 289 g/mol. The number of aromatic nitrogens is 1. The molecule has 20 heavy (non-hydrogen) atoms. The van der Waals surface area contributed by atoms with Gasteiger partial charge in [-0.15, -0.1) is 11.3 Å². The summed E-state index contributed by atoms with van der Waals surface area (Å²) >= 11 is 1.71. The standard InChI is InChI=1S/C17H20FNS/c1-2-16-19-15(12-20-16)17(10-6-3-7-11-17)13-8-4-5-9-14(13)18/h4-5,8-9,12H,2-3,6-7,10-11H2,1H3. The van der Waals surface area contributed by atoms with Crippen LogP contribution in [0.15, 0.2) is 29.6 Å². The Morgan fingerprint density at radius 2 is 1.95 bits per heavy atom. The van der Waals surface area contributed by atoms with E-state index in [1.54, 1.807) is 23.5 Å². The van der Waals surface area contributed by atoms with Gasteiger partial charge in [0, 0.05) is 10.8 Å². The molecule has 0 atom stereocenters. The summed E-state index contributed by atoms with van der Waals surface area (Å²) in [5, 5.41) is 3.30. The first kappa shape index (κ1) is 13.7. The van der Waals surface area contributed by atoms with E-state index in [2.05, 4.69) is 12.3 Å². The summed E-state index contributed by atoms with van der Waals surface area (Å²) in [6.45, 7) is 2.12. The van der Waals surface area contributed by atoms with Crippen molar-refractivity contribution in [1.29, 1.82) is 0 Å². The Morgan fingerprint density at radius 3 is 2.60 bits per heavy atom. The second kappa shape index (κ2) is 5.65. The van der Waals surface area contributed by atoms with Gasteiger partial charge in [0.2, 0.25) is 0 Å². The number of halogens is 1. The third-order valence-electron chi connectivity index (χ3n) is 4.44. The van der Waals surface area contributed by atoms with Gasteiger partial charge in [-0.3, -0.25) is 0 Å². The van der Waals surface area contributed by atoms with Gasteiger partial charge in [0.05, 0.1) is 10.7 Å². The van der Waals surface area contributed by atoms with Crippen molar-refractivity contribution in [2.24, 2.45) is 0 Å². The maximum atomic E-state index is 14.4. The van der Waals surface area contributed by atoms with Crippen molar-refractivity contribution in [2.75, 3.05) is 0 Å². The topological polar surface area (TPSA) is 12.9 Å². The molecule has 1 aromatic heterocycles. The van der Waals surface area contributed by atoms with E-state index in [1.807, 2.05) is 12.1 Å². The highest BCUT2D eigenvalue weighted by Gasteiger charge is 2.39. The van der Waals surface area contributed by atoms with Crippen LogP contribution >= 0.6 is 11.3 Å². The van der Waals surface area contributed by atoms with Gasteiger partial charge in [0.15, 0.2) is 0 Å². The highest BCUT2D eigenvalue weighted by atomic mass is 32.1. The lowest BCUT2D eigenvalue weighted by Gasteiger charge is -2.36. The number of hydrogen-bond acceptors (Lipinski definition) is 2. The molecule has 1 aliphatic carbocycles. The molecule has 0 aliphatic heterocycles. The van der Waals surface area contributed by atoms with Crippen LogP contribution < -0.4 is 0 Å². The molecular weight excluding hydrogens is 269 g/mol. The summed E-state index contributed by atoms with van der Waals surface area (Å²) in [5.74, 6) is -0.0829. The highest BCUT2D eigenvalue weighted by Crippen LogP contribution is 2.45. The number of benzene rings is 1. The molecule has 1 nitrogen and oxygen atoms in total. The Labute approximate surface area is 123 Å². The van der Waals surface area contributed by atoms with E-state index in [9.17, 15) is 4.39 Å². The molecule has 1 saturated carbocycles. The lowest BCUT2D eigenvalue weighted by Crippen LogP contribution is -2.32. The first-order valence-corrected chi connectivity index (χ1v) is 8.34. The van der Waals surface area contributed by atoms with Gasteiger partial charge in [-0.05, 0) is 30.9 Å². The van der Waals surface area contributed by atoms with Crippen LogP contribution in [0, 0.1) is 5.82 Å². The van der Waals surface area contributed by atoms with Crippen LogP contribution in [0.2, 0.25) is 0 Å². The van der Waals surface area contributed by atoms with E-state index in [-0.39, 0.29) is 11.2 Å². The summed E-state index contributed by atoms with van der Waals surface area (Å²) in [5.41, 5.74) is 1.73. The lowest BCUT2D eigenvalue weighted by molar-refractivity contribution is 0.329. The molecule has 0 N–H and O–H groups in total. The maximum absolute atomic E-state index is 14.4. The molecular formula is C17H20FNS. The molecule has 3 heteroatoms. The fraction of sp³-hybridized carbons (Fsp3) is 0.471. The first-order chi connectivity index (χ1) is 9.76. The number of rotatable bonds is 3. The van der Waals surface area contributed by atoms with Gasteiger partial charge >= 0.3 is 0 Å². The van der Waals surface area contributed by atoms with Crippen LogP contribution in [-0.4, -0.2) is 4.98 Å². The molecule has 3 rings (SSSR count). The second-order valence-electron chi connectivity index (χ2n) is 5.60. The minimum atomic E-state index is -0.201. The smallest absolute Gasteiger partial charge is 0.127 e. The van der Waals surface area contributed by atoms with Crippen LogP contribution in [0.5, 0.6) is 0 Å². The molecule has 1 heterocycles. The largest absolute Gasteiger partial charge is 0.245 e. The molecule has 1 fully saturated rings. The predicted molar refractivity (Wildman–Crippen MR) is 81.8 cm³/mol. The van der Waals surface area contributed by atoms with Crippen molar-refractivity contribution in [2.45, 2.75) is 50.9 Å². The molecule has 1 aliphatic rings. The Bertz CT molecular complexity index is 584. The Balaban J connectivity index is 2.11. The average Bonchev–Trinajstić information content (AvgIpc) is 2.98. The molecule has 0 spiro atoms. The summed E-state index contributed by atoms with van der Waals surface area (Å²) in [6, 6.07) is 7.25. The Morgan fingerprint density at radius 1 is 1.20 bits per heavy atom. The predicted octanol–water partition coefficient (Wildman–Crippen LogP) is 5.09. The van der Waals surface area contributed by atoms with Gasteiger partial charge < -0.3 is 0 Å². The fourth-order valence-electron chi connectivity index (χ4n) is 3.36. The van der Waals surface area contributed by atoms with Crippen molar-refractivity contribution in [3.63, 3.8) is 0 Å². The zero-order valence-corrected chi connectivity index (χ0v) is 12.7. The summed E-state index contributed by atoms with van der Waals surface area (Å²) < 4.78 is 14.4. The number of nitrogens with zero attached hydrogens (tertiary/aromatic N) is 1. The number of hydrogen-bond donors (Lipinski definition) is 0. The van der Waals surface area contributed by atoms with Crippen LogP contribution in [-0.2, 0) is 11.8 Å². The Hall–Kier alpha value is -1.22. The van der Waals surface area contributed by atoms with Gasteiger partial charge in [-0.1, -0.05) is 44.4 Å². The van der Waals surface area contributed by atoms with Gasteiger partial charge in [-0.2, -0.15) is 0 Å². The van der Waals surface area contributed by atoms with Crippen LogP contribution in [0.25, 0.3) is 0 Å². The summed E-state index contributed by atoms with van der Waals surface area (Å²) in [4.78, 5) is 4.79. The quantitative estimate of drug-likeness (QED) is 0.766. The molecule has 2 aromatic rings. The van der Waals surface area contributed by atoms with Crippen molar-refractivity contribution >= 4 is 11.3 Å². The summed E-state index contributed by atoms with van der Waals surface area (Å²) in [7, 11) is 0. The molecule has 106 valence electrons. The van der Waals surface area contributed by atoms with E-state index in [1.165, 1.54) is 6.42 Å². The Kier molecular flexibility index (Phi) is 3.88. The first-order valence-electron chi connectivity index (χ1n) is 7.46. The normalized spacial score (nSPS) is 18.1. The lowest BCUT2D eigenvalue weighted by atomic mass is 9.67. The molecule has 1 aromatic carbocycles. The van der Waals surface area contributed by atoms with E-state index in [0.29, 0.717) is 0 Å². The number of thiazole rings is 1. The minimum absolute atomic E-state index is 0.0829. The van der Waals surface area contributed by atoms with E-state index in [4.69, 9.17) is 4.98 Å². The molecule has 0 amide bonds. The zero-order chi connectivity index (χ0) is 14.0. The van der Waals surface area contributed by atoms with E-state index >= 15 is 0 Å². The van der Waals surface area contributed by atoms with Crippen molar-refractivity contribution in [3.05, 3.63) is 51.7 Å².